The number of phosphoric ester groups is 1. The molecule has 0 saturated carbocycles. The Kier molecular flexibility index (Phi) is 25.0. The largest absolute Gasteiger partial charge is 0.756 e. The van der Waals surface area contributed by atoms with Crippen LogP contribution in [0.5, 0.6) is 0 Å². The number of quaternary nitrogens is 1. The van der Waals surface area contributed by atoms with Crippen molar-refractivity contribution < 1.29 is 27.7 Å². The van der Waals surface area contributed by atoms with E-state index in [9.17, 15) is 9.46 Å². The number of rotatable bonds is 29. The van der Waals surface area contributed by atoms with Crippen LogP contribution >= 0.6 is 7.82 Å². The molecule has 0 aromatic carbocycles. The third-order valence-electron chi connectivity index (χ3n) is 6.92. The quantitative estimate of drug-likeness (QED) is 0.0532. The second kappa shape index (κ2) is 25.0. The Morgan fingerprint density at radius 3 is 1.59 bits per heavy atom. The summed E-state index contributed by atoms with van der Waals surface area (Å²) in [5.74, 6) is 0. The van der Waals surface area contributed by atoms with Crippen molar-refractivity contribution in [2.45, 2.75) is 148 Å². The maximum Gasteiger partial charge on any atom is 0.267 e. The molecule has 0 aliphatic rings. The average Bonchev–Trinajstić information content (AvgIpc) is 2.83. The molecule has 0 fully saturated rings. The van der Waals surface area contributed by atoms with Crippen LogP contribution in [-0.4, -0.2) is 58.1 Å². The molecule has 0 saturated heterocycles. The number of unbranched alkanes of at least 4 members (excludes halogenated alkanes) is 17. The normalized spacial score (nSPS) is 14.6. The summed E-state index contributed by atoms with van der Waals surface area (Å²) in [6.07, 6.45) is 24.6. The molecule has 0 aromatic rings. The second-order valence-electron chi connectivity index (χ2n) is 11.8. The molecule has 37 heavy (non-hydrogen) atoms. The summed E-state index contributed by atoms with van der Waals surface area (Å²) in [5.41, 5.74) is 0. The SMILES string of the molecule is CCCCCCCCCCCCCCCCCC(COP(=O)([O-])OCCCCCC[N+](C)(C)C)OCC. The van der Waals surface area contributed by atoms with Gasteiger partial charge in [0.05, 0.1) is 47.0 Å². The Morgan fingerprint density at radius 2 is 1.11 bits per heavy atom. The van der Waals surface area contributed by atoms with E-state index < -0.39 is 7.82 Å². The van der Waals surface area contributed by atoms with Crippen molar-refractivity contribution in [3.05, 3.63) is 0 Å². The fourth-order valence-electron chi connectivity index (χ4n) is 4.62. The van der Waals surface area contributed by atoms with Gasteiger partial charge in [-0.1, -0.05) is 110 Å². The first-order valence-electron chi connectivity index (χ1n) is 15.7. The van der Waals surface area contributed by atoms with E-state index >= 15 is 0 Å². The Balaban J connectivity index is 3.69. The molecule has 0 radical (unpaired) electrons. The van der Waals surface area contributed by atoms with Crippen LogP contribution in [0.3, 0.4) is 0 Å². The highest BCUT2D eigenvalue weighted by Gasteiger charge is 2.15. The molecule has 6 nitrogen and oxygen atoms in total. The molecule has 7 heteroatoms. The monoisotopic (exact) mass is 549 g/mol. The molecular formula is C30H64NO5P. The fraction of sp³-hybridized carbons (Fsp3) is 1.00. The van der Waals surface area contributed by atoms with Gasteiger partial charge in [0.15, 0.2) is 0 Å². The third kappa shape index (κ3) is 28.8. The lowest BCUT2D eigenvalue weighted by molar-refractivity contribution is -0.870. The zero-order chi connectivity index (χ0) is 27.7. The van der Waals surface area contributed by atoms with Gasteiger partial charge in [-0.2, -0.15) is 0 Å². The summed E-state index contributed by atoms with van der Waals surface area (Å²) in [6.45, 7) is 6.15. The van der Waals surface area contributed by atoms with Crippen LogP contribution in [0, 0.1) is 0 Å². The van der Waals surface area contributed by atoms with Gasteiger partial charge < -0.3 is 23.2 Å². The van der Waals surface area contributed by atoms with Crippen molar-refractivity contribution in [1.82, 2.24) is 0 Å². The highest BCUT2D eigenvalue weighted by Crippen LogP contribution is 2.39. The maximum atomic E-state index is 12.1. The van der Waals surface area contributed by atoms with E-state index in [2.05, 4.69) is 28.1 Å². The molecule has 0 amide bonds. The lowest BCUT2D eigenvalue weighted by atomic mass is 10.0. The van der Waals surface area contributed by atoms with Gasteiger partial charge in [-0.15, -0.1) is 0 Å². The van der Waals surface area contributed by atoms with Crippen LogP contribution in [0.25, 0.3) is 0 Å². The van der Waals surface area contributed by atoms with E-state index in [4.69, 9.17) is 13.8 Å². The highest BCUT2D eigenvalue weighted by atomic mass is 31.2. The molecule has 0 aromatic heterocycles. The van der Waals surface area contributed by atoms with Gasteiger partial charge in [0.2, 0.25) is 0 Å². The van der Waals surface area contributed by atoms with Gasteiger partial charge in [0.1, 0.15) is 0 Å². The molecule has 0 N–H and O–H groups in total. The van der Waals surface area contributed by atoms with Crippen LogP contribution in [-0.2, 0) is 18.3 Å². The summed E-state index contributed by atoms with van der Waals surface area (Å²) >= 11 is 0. The molecule has 0 rings (SSSR count). The van der Waals surface area contributed by atoms with Crippen molar-refractivity contribution in [3.63, 3.8) is 0 Å². The highest BCUT2D eigenvalue weighted by molar-refractivity contribution is 7.45. The number of ether oxygens (including phenoxy) is 1. The first kappa shape index (κ1) is 37.0. The van der Waals surface area contributed by atoms with Gasteiger partial charge in [-0.25, -0.2) is 0 Å². The standard InChI is InChI=1S/C30H64NO5P/c1-6-8-9-10-11-12-13-14-15-16-17-18-19-20-23-26-30(34-7-2)29-36-37(32,33)35-28-25-22-21-24-27-31(3,4)5/h30H,6-29H2,1-5H3. The van der Waals surface area contributed by atoms with E-state index in [1.54, 1.807) is 0 Å². The molecule has 0 heterocycles. The van der Waals surface area contributed by atoms with E-state index in [-0.39, 0.29) is 19.3 Å². The Bertz CT molecular complexity index is 527. The molecule has 2 unspecified atom stereocenters. The van der Waals surface area contributed by atoms with Gasteiger partial charge in [-0.3, -0.25) is 4.57 Å². The summed E-state index contributed by atoms with van der Waals surface area (Å²) in [4.78, 5) is 12.1. The Labute approximate surface area is 231 Å². The van der Waals surface area contributed by atoms with E-state index in [1.165, 1.54) is 89.9 Å². The summed E-state index contributed by atoms with van der Waals surface area (Å²) in [5, 5.41) is 0. The minimum Gasteiger partial charge on any atom is -0.756 e. The van der Waals surface area contributed by atoms with E-state index in [1.807, 2.05) is 6.92 Å². The van der Waals surface area contributed by atoms with Gasteiger partial charge in [0.25, 0.3) is 7.82 Å². The minimum absolute atomic E-state index is 0.0523. The zero-order valence-corrected chi connectivity index (χ0v) is 26.4. The molecule has 0 aliphatic heterocycles. The van der Waals surface area contributed by atoms with Crippen molar-refractivity contribution in [2.75, 3.05) is 47.5 Å². The van der Waals surface area contributed by atoms with Crippen LogP contribution in [0.2, 0.25) is 0 Å². The average molecular weight is 550 g/mol. The van der Waals surface area contributed by atoms with Crippen LogP contribution in [0.15, 0.2) is 0 Å². The predicted molar refractivity (Wildman–Crippen MR) is 156 cm³/mol. The molecule has 0 aliphatic carbocycles. The van der Waals surface area contributed by atoms with Crippen LogP contribution in [0.1, 0.15) is 142 Å². The first-order chi connectivity index (χ1) is 17.7. The van der Waals surface area contributed by atoms with Crippen LogP contribution < -0.4 is 4.89 Å². The molecule has 224 valence electrons. The van der Waals surface area contributed by atoms with Gasteiger partial charge >= 0.3 is 0 Å². The number of phosphoric acid groups is 1. The maximum absolute atomic E-state index is 12.1. The smallest absolute Gasteiger partial charge is 0.267 e. The lowest BCUT2D eigenvalue weighted by Crippen LogP contribution is -2.35. The number of hydrogen-bond donors (Lipinski definition) is 0. The Morgan fingerprint density at radius 1 is 0.649 bits per heavy atom. The molecular weight excluding hydrogens is 485 g/mol. The zero-order valence-electron chi connectivity index (χ0n) is 25.5. The topological polar surface area (TPSA) is 67.8 Å². The predicted octanol–water partition coefficient (Wildman–Crippen LogP) is 8.42. The molecule has 2 atom stereocenters. The van der Waals surface area contributed by atoms with Crippen molar-refractivity contribution in [2.24, 2.45) is 0 Å². The van der Waals surface area contributed by atoms with Crippen molar-refractivity contribution in [3.8, 4) is 0 Å². The summed E-state index contributed by atoms with van der Waals surface area (Å²) in [6, 6.07) is 0. The minimum atomic E-state index is -4.26. The van der Waals surface area contributed by atoms with E-state index in [0.29, 0.717) is 6.61 Å². The van der Waals surface area contributed by atoms with Crippen LogP contribution in [0.4, 0.5) is 0 Å². The Hall–Kier alpha value is 0.0300. The number of hydrogen-bond acceptors (Lipinski definition) is 5. The second-order valence-corrected chi connectivity index (χ2v) is 13.2. The third-order valence-corrected chi connectivity index (χ3v) is 7.89. The lowest BCUT2D eigenvalue weighted by Gasteiger charge is -2.26. The summed E-state index contributed by atoms with van der Waals surface area (Å²) < 4.78 is 29.0. The van der Waals surface area contributed by atoms with Gasteiger partial charge in [0, 0.05) is 6.61 Å². The first-order valence-corrected chi connectivity index (χ1v) is 17.2. The van der Waals surface area contributed by atoms with Gasteiger partial charge in [-0.05, 0) is 32.6 Å². The van der Waals surface area contributed by atoms with Crippen molar-refractivity contribution in [1.29, 1.82) is 0 Å². The summed E-state index contributed by atoms with van der Waals surface area (Å²) in [7, 11) is 2.29. The number of nitrogens with zero attached hydrogens (tertiary/aromatic N) is 1. The van der Waals surface area contributed by atoms with E-state index in [0.717, 1.165) is 49.6 Å². The van der Waals surface area contributed by atoms with Crippen molar-refractivity contribution >= 4 is 7.82 Å². The molecule has 0 spiro atoms. The fourth-order valence-corrected chi connectivity index (χ4v) is 5.40. The molecule has 0 bridgehead atoms.